The van der Waals surface area contributed by atoms with Crippen LogP contribution in [0, 0.1) is 5.82 Å². The predicted octanol–water partition coefficient (Wildman–Crippen LogP) is 5.41. The smallest absolute Gasteiger partial charge is 0.264 e. The molecule has 2 atom stereocenters. The quantitative estimate of drug-likeness (QED) is 0.282. The van der Waals surface area contributed by atoms with Crippen LogP contribution < -0.4 is 14.4 Å². The summed E-state index contributed by atoms with van der Waals surface area (Å²) in [5.74, 6) is -1.44. The molecule has 220 valence electrons. The van der Waals surface area contributed by atoms with Gasteiger partial charge in [-0.15, -0.1) is 0 Å². The van der Waals surface area contributed by atoms with E-state index in [4.69, 9.17) is 16.3 Å². The van der Waals surface area contributed by atoms with Gasteiger partial charge in [-0.3, -0.25) is 13.9 Å². The minimum atomic E-state index is -4.32. The highest BCUT2D eigenvalue weighted by atomic mass is 35.5. The maximum atomic E-state index is 14.7. The fourth-order valence-corrected chi connectivity index (χ4v) is 5.60. The van der Waals surface area contributed by atoms with Crippen LogP contribution in [0.3, 0.4) is 0 Å². The third-order valence-electron chi connectivity index (χ3n) is 6.58. The molecule has 0 aliphatic rings. The second kappa shape index (κ2) is 14.3. The summed E-state index contributed by atoms with van der Waals surface area (Å²) in [5.41, 5.74) is 0.325. The van der Waals surface area contributed by atoms with Crippen LogP contribution in [0.15, 0.2) is 77.7 Å². The molecule has 0 spiro atoms. The van der Waals surface area contributed by atoms with E-state index >= 15 is 0 Å². The number of hydrogen-bond donors (Lipinski definition) is 1. The van der Waals surface area contributed by atoms with Crippen LogP contribution in [-0.2, 0) is 26.2 Å². The van der Waals surface area contributed by atoms with Gasteiger partial charge in [0.15, 0.2) is 0 Å². The summed E-state index contributed by atoms with van der Waals surface area (Å²) in [6.07, 6.45) is 0.668. The lowest BCUT2D eigenvalue weighted by Crippen LogP contribution is -2.52. The third kappa shape index (κ3) is 7.98. The fourth-order valence-electron chi connectivity index (χ4n) is 4.05. The van der Waals surface area contributed by atoms with E-state index in [0.29, 0.717) is 11.4 Å². The largest absolute Gasteiger partial charge is 0.492 e. The minimum absolute atomic E-state index is 0.0933. The average molecular weight is 604 g/mol. The van der Waals surface area contributed by atoms with Crippen LogP contribution >= 0.6 is 11.6 Å². The minimum Gasteiger partial charge on any atom is -0.492 e. The van der Waals surface area contributed by atoms with Crippen molar-refractivity contribution in [2.24, 2.45) is 0 Å². The van der Waals surface area contributed by atoms with Crippen molar-refractivity contribution in [3.8, 4) is 5.75 Å². The van der Waals surface area contributed by atoms with Crippen molar-refractivity contribution < 1.29 is 27.1 Å². The maximum Gasteiger partial charge on any atom is 0.264 e. The molecule has 3 rings (SSSR count). The molecule has 2 amide bonds. The van der Waals surface area contributed by atoms with E-state index in [1.165, 1.54) is 60.4 Å². The number of nitrogens with one attached hydrogen (secondary N) is 1. The molecular weight excluding hydrogens is 569 g/mol. The molecule has 3 aromatic carbocycles. The Labute approximate surface area is 246 Å². The highest BCUT2D eigenvalue weighted by Crippen LogP contribution is 2.33. The number of halogens is 2. The lowest BCUT2D eigenvalue weighted by atomic mass is 10.1. The Morgan fingerprint density at radius 2 is 1.61 bits per heavy atom. The SMILES string of the molecule is CCOc1ccccc1N(CC(=O)N(Cc1ccccc1F)[C@@H](C)C(=O)N[C@@H](C)CC)S(=O)(=O)c1ccc(Cl)cc1. The zero-order valence-electron chi connectivity index (χ0n) is 23.5. The van der Waals surface area contributed by atoms with Gasteiger partial charge in [-0.2, -0.15) is 0 Å². The second-order valence-corrected chi connectivity index (χ2v) is 11.8. The van der Waals surface area contributed by atoms with Crippen molar-refractivity contribution in [2.75, 3.05) is 17.5 Å². The number of carbonyl (C=O) groups excluding carboxylic acids is 2. The van der Waals surface area contributed by atoms with Crippen molar-refractivity contribution in [1.29, 1.82) is 0 Å². The Morgan fingerprint density at radius 3 is 2.24 bits per heavy atom. The molecule has 41 heavy (non-hydrogen) atoms. The molecule has 1 N–H and O–H groups in total. The van der Waals surface area contributed by atoms with E-state index < -0.39 is 40.2 Å². The normalized spacial score (nSPS) is 12.7. The van der Waals surface area contributed by atoms with Gasteiger partial charge in [-0.1, -0.05) is 48.9 Å². The number of carbonyl (C=O) groups is 2. The summed E-state index contributed by atoms with van der Waals surface area (Å²) in [7, 11) is -4.32. The molecule has 0 aliphatic carbocycles. The lowest BCUT2D eigenvalue weighted by Gasteiger charge is -2.33. The maximum absolute atomic E-state index is 14.7. The first-order valence-corrected chi connectivity index (χ1v) is 15.1. The fraction of sp³-hybridized carbons (Fsp3) is 0.333. The number of para-hydroxylation sites is 2. The van der Waals surface area contributed by atoms with Gasteiger partial charge in [0.1, 0.15) is 24.2 Å². The van der Waals surface area contributed by atoms with E-state index in [1.807, 2.05) is 13.8 Å². The van der Waals surface area contributed by atoms with Gasteiger partial charge in [-0.25, -0.2) is 12.8 Å². The molecule has 0 unspecified atom stereocenters. The van der Waals surface area contributed by atoms with E-state index in [1.54, 1.807) is 31.2 Å². The highest BCUT2D eigenvalue weighted by molar-refractivity contribution is 7.92. The summed E-state index contributed by atoms with van der Waals surface area (Å²) in [6, 6.07) is 16.8. The van der Waals surface area contributed by atoms with Crippen molar-refractivity contribution in [3.63, 3.8) is 0 Å². The van der Waals surface area contributed by atoms with Crippen LogP contribution in [0.1, 0.15) is 39.7 Å². The van der Waals surface area contributed by atoms with Gasteiger partial charge in [0.05, 0.1) is 17.2 Å². The Bertz CT molecular complexity index is 1450. The number of ether oxygens (including phenoxy) is 1. The Morgan fingerprint density at radius 1 is 0.976 bits per heavy atom. The van der Waals surface area contributed by atoms with Gasteiger partial charge >= 0.3 is 0 Å². The van der Waals surface area contributed by atoms with Crippen LogP contribution in [0.25, 0.3) is 0 Å². The number of hydrogen-bond acceptors (Lipinski definition) is 5. The first-order valence-electron chi connectivity index (χ1n) is 13.3. The lowest BCUT2D eigenvalue weighted by molar-refractivity contribution is -0.139. The summed E-state index contributed by atoms with van der Waals surface area (Å²) in [4.78, 5) is 28.2. The van der Waals surface area contributed by atoms with Gasteiger partial charge in [0, 0.05) is 23.2 Å². The molecule has 0 fully saturated rings. The van der Waals surface area contributed by atoms with E-state index in [2.05, 4.69) is 5.32 Å². The summed E-state index contributed by atoms with van der Waals surface area (Å²) < 4.78 is 49.3. The Balaban J connectivity index is 2.09. The predicted molar refractivity (Wildman–Crippen MR) is 158 cm³/mol. The molecule has 0 saturated carbocycles. The molecule has 0 saturated heterocycles. The van der Waals surface area contributed by atoms with Gasteiger partial charge in [0.2, 0.25) is 11.8 Å². The van der Waals surface area contributed by atoms with Gasteiger partial charge in [-0.05, 0) is 69.7 Å². The van der Waals surface area contributed by atoms with E-state index in [-0.39, 0.29) is 41.1 Å². The third-order valence-corrected chi connectivity index (χ3v) is 8.61. The molecule has 0 bridgehead atoms. The number of anilines is 1. The van der Waals surface area contributed by atoms with Crippen LogP contribution in [0.4, 0.5) is 10.1 Å². The number of nitrogens with zero attached hydrogens (tertiary/aromatic N) is 2. The molecular formula is C30H35ClFN3O5S. The zero-order chi connectivity index (χ0) is 30.2. The van der Waals surface area contributed by atoms with Crippen molar-refractivity contribution in [2.45, 2.75) is 57.6 Å². The Hall–Kier alpha value is -3.63. The first kappa shape index (κ1) is 31.9. The number of benzene rings is 3. The molecule has 0 heterocycles. The molecule has 11 heteroatoms. The molecule has 3 aromatic rings. The highest BCUT2D eigenvalue weighted by Gasteiger charge is 2.34. The number of rotatable bonds is 13. The standard InChI is InChI=1S/C30H35ClFN3O5S/c1-5-21(3)33-30(37)22(4)34(19-23-11-7-8-12-26(23)32)29(36)20-35(27-13-9-10-14-28(27)40-6-2)41(38,39)25-17-15-24(31)16-18-25/h7-18,21-22H,5-6,19-20H2,1-4H3,(H,33,37)/t21-,22-/m0/s1. The summed E-state index contributed by atoms with van der Waals surface area (Å²) >= 11 is 5.99. The second-order valence-electron chi connectivity index (χ2n) is 9.47. The van der Waals surface area contributed by atoms with Crippen molar-refractivity contribution in [3.05, 3.63) is 89.2 Å². The van der Waals surface area contributed by atoms with Crippen molar-refractivity contribution in [1.82, 2.24) is 10.2 Å². The summed E-state index contributed by atoms with van der Waals surface area (Å²) in [6.45, 7) is 6.36. The van der Waals surface area contributed by atoms with Crippen LogP contribution in [0.2, 0.25) is 5.02 Å². The topological polar surface area (TPSA) is 96.0 Å². The molecule has 8 nitrogen and oxygen atoms in total. The molecule has 0 aliphatic heterocycles. The Kier molecular flexibility index (Phi) is 11.1. The van der Waals surface area contributed by atoms with Gasteiger partial charge < -0.3 is 15.0 Å². The number of amides is 2. The first-order chi connectivity index (χ1) is 19.5. The van der Waals surface area contributed by atoms with E-state index in [0.717, 1.165) is 4.31 Å². The summed E-state index contributed by atoms with van der Waals surface area (Å²) in [5, 5.41) is 3.19. The zero-order valence-corrected chi connectivity index (χ0v) is 25.1. The van der Waals surface area contributed by atoms with Crippen LogP contribution in [-0.4, -0.2) is 50.4 Å². The molecule has 0 radical (unpaired) electrons. The average Bonchev–Trinajstić information content (AvgIpc) is 2.95. The van der Waals surface area contributed by atoms with Crippen molar-refractivity contribution >= 4 is 39.1 Å². The monoisotopic (exact) mass is 603 g/mol. The molecule has 0 aromatic heterocycles. The van der Waals surface area contributed by atoms with Gasteiger partial charge in [0.25, 0.3) is 10.0 Å². The number of sulfonamides is 1. The van der Waals surface area contributed by atoms with Crippen LogP contribution in [0.5, 0.6) is 5.75 Å². The van der Waals surface area contributed by atoms with E-state index in [9.17, 15) is 22.4 Å².